The van der Waals surface area contributed by atoms with Crippen LogP contribution in [-0.4, -0.2) is 82.9 Å². The van der Waals surface area contributed by atoms with Crippen molar-refractivity contribution in [1.29, 1.82) is 0 Å². The van der Waals surface area contributed by atoms with Crippen LogP contribution in [0.4, 0.5) is 34.1 Å². The van der Waals surface area contributed by atoms with Gasteiger partial charge in [-0.05, 0) is 127 Å². The first-order valence-electron chi connectivity index (χ1n) is 20.2. The van der Waals surface area contributed by atoms with E-state index in [1.54, 1.807) is 0 Å². The molecule has 0 aliphatic rings. The first kappa shape index (κ1) is 42.7. The maximum absolute atomic E-state index is 8.95. The van der Waals surface area contributed by atoms with Gasteiger partial charge in [0, 0.05) is 40.7 Å². The van der Waals surface area contributed by atoms with Crippen molar-refractivity contribution < 1.29 is 38.6 Å². The van der Waals surface area contributed by atoms with E-state index in [1.807, 2.05) is 66.7 Å². The molecule has 0 fully saturated rings. The van der Waals surface area contributed by atoms with Crippen molar-refractivity contribution in [2.24, 2.45) is 0 Å². The van der Waals surface area contributed by atoms with Crippen LogP contribution in [-0.2, 0) is 14.2 Å². The summed E-state index contributed by atoms with van der Waals surface area (Å²) < 4.78 is 33.9. The lowest BCUT2D eigenvalue weighted by Crippen LogP contribution is -2.11. The molecule has 0 unspecified atom stereocenters. The third-order valence-corrected chi connectivity index (χ3v) is 9.19. The van der Waals surface area contributed by atoms with Crippen LogP contribution in [0.1, 0.15) is 13.3 Å². The standard InChI is InChI=1S/C49H54N2O8/c1-2-30-54-33-36-57-47-22-16-44(17-23-47)50(41-6-4-3-5-7-41)42-12-8-39(9-13-42)40-10-14-43(15-11-40)51(45-18-24-48(25-19-45)58-37-34-55-31-28-52)46-20-26-49(27-21-46)59-38-35-56-32-29-53/h3-27,52-53H,2,28-38H2,1H3. The number of hydrogen-bond acceptors (Lipinski definition) is 10. The van der Waals surface area contributed by atoms with E-state index in [9.17, 15) is 0 Å². The van der Waals surface area contributed by atoms with E-state index < -0.39 is 0 Å². The van der Waals surface area contributed by atoms with Crippen molar-refractivity contribution in [2.45, 2.75) is 13.3 Å². The minimum absolute atomic E-state index is 0.0134. The highest BCUT2D eigenvalue weighted by molar-refractivity contribution is 5.81. The summed E-state index contributed by atoms with van der Waals surface area (Å²) in [5.41, 5.74) is 8.22. The topological polar surface area (TPSA) is 102 Å². The quantitative estimate of drug-likeness (QED) is 0.0545. The number of aliphatic hydroxyl groups is 2. The molecule has 0 heterocycles. The zero-order valence-corrected chi connectivity index (χ0v) is 33.7. The number of aliphatic hydroxyl groups excluding tert-OH is 2. The molecule has 6 aromatic carbocycles. The van der Waals surface area contributed by atoms with Gasteiger partial charge in [0.25, 0.3) is 0 Å². The van der Waals surface area contributed by atoms with Gasteiger partial charge in [0.15, 0.2) is 0 Å². The molecule has 6 rings (SSSR count). The van der Waals surface area contributed by atoms with Crippen molar-refractivity contribution in [3.63, 3.8) is 0 Å². The average molecular weight is 799 g/mol. The molecule has 10 heteroatoms. The van der Waals surface area contributed by atoms with Crippen LogP contribution in [0.25, 0.3) is 11.1 Å². The Hall–Kier alpha value is -5.88. The average Bonchev–Trinajstić information content (AvgIpc) is 3.29. The van der Waals surface area contributed by atoms with Crippen LogP contribution in [0.5, 0.6) is 17.2 Å². The van der Waals surface area contributed by atoms with Crippen LogP contribution >= 0.6 is 0 Å². The predicted octanol–water partition coefficient (Wildman–Crippen LogP) is 9.87. The number of nitrogens with zero attached hydrogens (tertiary/aromatic N) is 2. The van der Waals surface area contributed by atoms with Gasteiger partial charge in [-0.1, -0.05) is 49.4 Å². The first-order chi connectivity index (χ1) is 29.2. The second-order valence-corrected chi connectivity index (χ2v) is 13.4. The number of rotatable bonds is 25. The fraction of sp³-hybridized carbons (Fsp3) is 0.265. The lowest BCUT2D eigenvalue weighted by Gasteiger charge is -2.26. The summed E-state index contributed by atoms with van der Waals surface area (Å²) in [4.78, 5) is 4.42. The molecule has 0 radical (unpaired) electrons. The monoisotopic (exact) mass is 798 g/mol. The van der Waals surface area contributed by atoms with Crippen LogP contribution in [0.3, 0.4) is 0 Å². The molecule has 0 spiro atoms. The predicted molar refractivity (Wildman–Crippen MR) is 235 cm³/mol. The van der Waals surface area contributed by atoms with Gasteiger partial charge in [0.1, 0.15) is 37.1 Å². The summed E-state index contributed by atoms with van der Waals surface area (Å²) >= 11 is 0. The molecule has 0 aromatic heterocycles. The highest BCUT2D eigenvalue weighted by Crippen LogP contribution is 2.39. The van der Waals surface area contributed by atoms with Gasteiger partial charge in [-0.25, -0.2) is 0 Å². The van der Waals surface area contributed by atoms with Crippen LogP contribution in [0, 0.1) is 0 Å². The minimum atomic E-state index is -0.0134. The maximum Gasteiger partial charge on any atom is 0.119 e. The normalized spacial score (nSPS) is 11.0. The molecule has 0 saturated carbocycles. The maximum atomic E-state index is 8.95. The Kier molecular flexibility index (Phi) is 17.0. The van der Waals surface area contributed by atoms with E-state index >= 15 is 0 Å². The molecule has 0 saturated heterocycles. The van der Waals surface area contributed by atoms with Crippen LogP contribution in [0.2, 0.25) is 0 Å². The Labute approximate surface area is 347 Å². The molecule has 10 nitrogen and oxygen atoms in total. The number of benzene rings is 6. The lowest BCUT2D eigenvalue weighted by atomic mass is 10.0. The highest BCUT2D eigenvalue weighted by Gasteiger charge is 2.16. The Balaban J connectivity index is 1.20. The van der Waals surface area contributed by atoms with Gasteiger partial charge in [0.2, 0.25) is 0 Å². The number of hydrogen-bond donors (Lipinski definition) is 2. The van der Waals surface area contributed by atoms with Gasteiger partial charge in [-0.2, -0.15) is 0 Å². The minimum Gasteiger partial charge on any atom is -0.491 e. The van der Waals surface area contributed by atoms with Gasteiger partial charge in [-0.3, -0.25) is 0 Å². The van der Waals surface area contributed by atoms with Crippen molar-refractivity contribution in [1.82, 2.24) is 0 Å². The molecule has 59 heavy (non-hydrogen) atoms. The number of para-hydroxylation sites is 1. The second-order valence-electron chi connectivity index (χ2n) is 13.4. The molecule has 0 aliphatic carbocycles. The van der Waals surface area contributed by atoms with Crippen molar-refractivity contribution >= 4 is 34.1 Å². The second kappa shape index (κ2) is 23.5. The van der Waals surface area contributed by atoms with Crippen molar-refractivity contribution in [3.05, 3.63) is 152 Å². The summed E-state index contributed by atoms with van der Waals surface area (Å²) in [7, 11) is 0. The Morgan fingerprint density at radius 1 is 0.339 bits per heavy atom. The van der Waals surface area contributed by atoms with E-state index in [-0.39, 0.29) is 26.4 Å². The molecule has 308 valence electrons. The molecule has 2 N–H and O–H groups in total. The van der Waals surface area contributed by atoms with E-state index in [1.165, 1.54) is 0 Å². The summed E-state index contributed by atoms with van der Waals surface area (Å²) in [5, 5.41) is 17.9. The van der Waals surface area contributed by atoms with Crippen LogP contribution in [0.15, 0.2) is 152 Å². The molecule has 0 amide bonds. The summed E-state index contributed by atoms with van der Waals surface area (Å²) in [6, 6.07) is 51.6. The molecule has 0 aliphatic heterocycles. The van der Waals surface area contributed by atoms with E-state index in [2.05, 4.69) is 102 Å². The largest absolute Gasteiger partial charge is 0.491 e. The van der Waals surface area contributed by atoms with E-state index in [0.717, 1.165) is 75.5 Å². The van der Waals surface area contributed by atoms with Gasteiger partial charge in [-0.15, -0.1) is 0 Å². The van der Waals surface area contributed by atoms with Gasteiger partial charge < -0.3 is 48.4 Å². The third kappa shape index (κ3) is 12.8. The van der Waals surface area contributed by atoms with Crippen molar-refractivity contribution in [2.75, 3.05) is 82.5 Å². The zero-order chi connectivity index (χ0) is 40.9. The summed E-state index contributed by atoms with van der Waals surface area (Å²) in [5.74, 6) is 2.27. The Morgan fingerprint density at radius 3 is 0.966 bits per heavy atom. The lowest BCUT2D eigenvalue weighted by molar-refractivity contribution is 0.0705. The van der Waals surface area contributed by atoms with Gasteiger partial charge in [0.05, 0.1) is 46.2 Å². The van der Waals surface area contributed by atoms with Crippen molar-refractivity contribution in [3.8, 4) is 28.4 Å². The molecule has 0 atom stereocenters. The summed E-state index contributed by atoms with van der Waals surface area (Å²) in [6.45, 7) is 6.06. The fourth-order valence-electron chi connectivity index (χ4n) is 6.39. The molecular formula is C49H54N2O8. The summed E-state index contributed by atoms with van der Waals surface area (Å²) in [6.07, 6.45) is 0.994. The Bertz CT molecular complexity index is 1990. The SMILES string of the molecule is CCCOCCOc1ccc(N(c2ccccc2)c2ccc(-c3ccc(N(c4ccc(OCCOCCO)cc4)c4ccc(OCCOCCO)cc4)cc3)cc2)cc1. The van der Waals surface area contributed by atoms with E-state index in [4.69, 9.17) is 38.6 Å². The molecular weight excluding hydrogens is 745 g/mol. The highest BCUT2D eigenvalue weighted by atomic mass is 16.5. The number of ether oxygens (including phenoxy) is 6. The van der Waals surface area contributed by atoms with Crippen LogP contribution < -0.4 is 24.0 Å². The Morgan fingerprint density at radius 2 is 0.644 bits per heavy atom. The zero-order valence-electron chi connectivity index (χ0n) is 33.7. The van der Waals surface area contributed by atoms with Gasteiger partial charge >= 0.3 is 0 Å². The smallest absolute Gasteiger partial charge is 0.119 e. The molecule has 6 aromatic rings. The third-order valence-electron chi connectivity index (χ3n) is 9.19. The first-order valence-corrected chi connectivity index (χ1v) is 20.2. The van der Waals surface area contributed by atoms with E-state index in [0.29, 0.717) is 39.6 Å². The molecule has 0 bridgehead atoms. The fourth-order valence-corrected chi connectivity index (χ4v) is 6.39. The number of anilines is 6.